The van der Waals surface area contributed by atoms with Crippen molar-refractivity contribution in [2.45, 2.75) is 57.5 Å². The van der Waals surface area contributed by atoms with Gasteiger partial charge < -0.3 is 15.5 Å². The fourth-order valence-electron chi connectivity index (χ4n) is 3.53. The maximum absolute atomic E-state index is 12.4. The highest BCUT2D eigenvalue weighted by atomic mass is 16.2. The van der Waals surface area contributed by atoms with Gasteiger partial charge in [0.05, 0.1) is 5.54 Å². The average molecular weight is 267 g/mol. The first kappa shape index (κ1) is 14.8. The van der Waals surface area contributed by atoms with Crippen LogP contribution in [0.5, 0.6) is 0 Å². The van der Waals surface area contributed by atoms with Gasteiger partial charge in [0.25, 0.3) is 0 Å². The van der Waals surface area contributed by atoms with Crippen LogP contribution in [0.3, 0.4) is 0 Å². The maximum Gasteiger partial charge on any atom is 0.223 e. The van der Waals surface area contributed by atoms with Gasteiger partial charge in [-0.1, -0.05) is 0 Å². The minimum Gasteiger partial charge on any atom is -0.336 e. The van der Waals surface area contributed by atoms with Crippen molar-refractivity contribution in [3.05, 3.63) is 0 Å². The fraction of sp³-hybridized carbons (Fsp3) is 0.933. The Balaban J connectivity index is 1.81. The summed E-state index contributed by atoms with van der Waals surface area (Å²) in [6, 6.07) is 0.122. The zero-order valence-corrected chi connectivity index (χ0v) is 12.7. The first-order valence-electron chi connectivity index (χ1n) is 7.66. The summed E-state index contributed by atoms with van der Waals surface area (Å²) in [6.45, 7) is 7.38. The Labute approximate surface area is 117 Å². The molecule has 0 aromatic carbocycles. The van der Waals surface area contributed by atoms with E-state index in [-0.39, 0.29) is 11.6 Å². The molecule has 4 nitrogen and oxygen atoms in total. The van der Waals surface area contributed by atoms with E-state index < -0.39 is 0 Å². The molecular formula is C15H29N3O. The minimum absolute atomic E-state index is 0.122. The Morgan fingerprint density at radius 2 is 2.05 bits per heavy atom. The van der Waals surface area contributed by atoms with Crippen LogP contribution in [0, 0.1) is 5.92 Å². The Bertz CT molecular complexity index is 329. The summed E-state index contributed by atoms with van der Waals surface area (Å²) in [6.07, 6.45) is 5.21. The van der Waals surface area contributed by atoms with Crippen molar-refractivity contribution in [1.29, 1.82) is 0 Å². The van der Waals surface area contributed by atoms with Crippen LogP contribution in [-0.2, 0) is 4.79 Å². The quantitative estimate of drug-likeness (QED) is 0.842. The van der Waals surface area contributed by atoms with E-state index in [0.717, 1.165) is 25.9 Å². The summed E-state index contributed by atoms with van der Waals surface area (Å²) in [5.41, 5.74) is 5.93. The molecule has 0 radical (unpaired) electrons. The standard InChI is InChI=1S/C15H29N3O/c1-15(2)13(16)8-10-18(15)14(19)7-6-12-5-4-9-17(3)11-12/h12-13H,4-11,16H2,1-3H3. The van der Waals surface area contributed by atoms with Gasteiger partial charge in [0, 0.05) is 25.6 Å². The molecule has 2 aliphatic heterocycles. The van der Waals surface area contributed by atoms with E-state index in [9.17, 15) is 4.79 Å². The molecule has 0 aromatic rings. The second-order valence-electron chi connectivity index (χ2n) is 6.90. The van der Waals surface area contributed by atoms with Crippen LogP contribution < -0.4 is 5.73 Å². The lowest BCUT2D eigenvalue weighted by molar-refractivity contribution is -0.134. The van der Waals surface area contributed by atoms with Gasteiger partial charge in [0.15, 0.2) is 0 Å². The molecule has 2 unspecified atom stereocenters. The Morgan fingerprint density at radius 3 is 2.63 bits per heavy atom. The molecule has 1 amide bonds. The molecule has 110 valence electrons. The zero-order valence-electron chi connectivity index (χ0n) is 12.7. The third kappa shape index (κ3) is 3.29. The van der Waals surface area contributed by atoms with Crippen LogP contribution in [-0.4, -0.2) is 54.0 Å². The Kier molecular flexibility index (Phi) is 4.51. The largest absolute Gasteiger partial charge is 0.336 e. The van der Waals surface area contributed by atoms with Crippen molar-refractivity contribution in [3.8, 4) is 0 Å². The molecule has 0 bridgehead atoms. The molecule has 2 N–H and O–H groups in total. The van der Waals surface area contributed by atoms with Gasteiger partial charge in [-0.2, -0.15) is 0 Å². The van der Waals surface area contributed by atoms with Crippen molar-refractivity contribution in [3.63, 3.8) is 0 Å². The van der Waals surface area contributed by atoms with Gasteiger partial charge in [-0.25, -0.2) is 0 Å². The number of nitrogens with zero attached hydrogens (tertiary/aromatic N) is 2. The van der Waals surface area contributed by atoms with Crippen molar-refractivity contribution in [1.82, 2.24) is 9.80 Å². The van der Waals surface area contributed by atoms with Gasteiger partial charge in [-0.3, -0.25) is 4.79 Å². The highest BCUT2D eigenvalue weighted by Crippen LogP contribution is 2.29. The van der Waals surface area contributed by atoms with Crippen molar-refractivity contribution >= 4 is 5.91 Å². The second-order valence-corrected chi connectivity index (χ2v) is 6.90. The topological polar surface area (TPSA) is 49.6 Å². The highest BCUT2D eigenvalue weighted by molar-refractivity contribution is 5.77. The lowest BCUT2D eigenvalue weighted by atomic mass is 9.92. The first-order chi connectivity index (χ1) is 8.91. The zero-order chi connectivity index (χ0) is 14.0. The van der Waals surface area contributed by atoms with Crippen LogP contribution >= 0.6 is 0 Å². The fourth-order valence-corrected chi connectivity index (χ4v) is 3.53. The highest BCUT2D eigenvalue weighted by Gasteiger charge is 2.41. The van der Waals surface area contributed by atoms with Crippen LogP contribution in [0.15, 0.2) is 0 Å². The molecule has 4 heteroatoms. The minimum atomic E-state index is -0.166. The van der Waals surface area contributed by atoms with Crippen molar-refractivity contribution < 1.29 is 4.79 Å². The first-order valence-corrected chi connectivity index (χ1v) is 7.66. The van der Waals surface area contributed by atoms with Gasteiger partial charge in [-0.05, 0) is 59.0 Å². The summed E-state index contributed by atoms with van der Waals surface area (Å²) >= 11 is 0. The van der Waals surface area contributed by atoms with E-state index in [1.807, 2.05) is 4.90 Å². The van der Waals surface area contributed by atoms with E-state index in [1.54, 1.807) is 0 Å². The van der Waals surface area contributed by atoms with E-state index in [0.29, 0.717) is 18.2 Å². The molecule has 0 aromatic heterocycles. The molecule has 2 aliphatic rings. The molecule has 19 heavy (non-hydrogen) atoms. The number of carbonyl (C=O) groups is 1. The van der Waals surface area contributed by atoms with Gasteiger partial charge in [0.1, 0.15) is 0 Å². The summed E-state index contributed by atoms with van der Waals surface area (Å²) in [5.74, 6) is 0.994. The smallest absolute Gasteiger partial charge is 0.223 e. The maximum atomic E-state index is 12.4. The van der Waals surface area contributed by atoms with Crippen molar-refractivity contribution in [2.24, 2.45) is 11.7 Å². The molecule has 2 atom stereocenters. The Morgan fingerprint density at radius 1 is 1.32 bits per heavy atom. The van der Waals surface area contributed by atoms with Crippen molar-refractivity contribution in [2.75, 3.05) is 26.7 Å². The van der Waals surface area contributed by atoms with Crippen LogP contribution in [0.25, 0.3) is 0 Å². The predicted molar refractivity (Wildman–Crippen MR) is 77.8 cm³/mol. The van der Waals surface area contributed by atoms with Crippen LogP contribution in [0.2, 0.25) is 0 Å². The number of hydrogen-bond donors (Lipinski definition) is 1. The lowest BCUT2D eigenvalue weighted by Crippen LogP contribution is -2.51. The second kappa shape index (κ2) is 5.80. The molecule has 2 fully saturated rings. The third-order valence-corrected chi connectivity index (χ3v) is 5.06. The number of carbonyl (C=O) groups excluding carboxylic acids is 1. The van der Waals surface area contributed by atoms with Gasteiger partial charge in [-0.15, -0.1) is 0 Å². The van der Waals surface area contributed by atoms with E-state index in [2.05, 4.69) is 25.8 Å². The molecule has 0 saturated carbocycles. The molecule has 0 aliphatic carbocycles. The summed E-state index contributed by atoms with van der Waals surface area (Å²) in [7, 11) is 2.18. The van der Waals surface area contributed by atoms with Gasteiger partial charge >= 0.3 is 0 Å². The number of hydrogen-bond acceptors (Lipinski definition) is 3. The van der Waals surface area contributed by atoms with E-state index in [4.69, 9.17) is 5.73 Å². The lowest BCUT2D eigenvalue weighted by Gasteiger charge is -2.35. The summed E-state index contributed by atoms with van der Waals surface area (Å²) in [5, 5.41) is 0. The third-order valence-electron chi connectivity index (χ3n) is 5.06. The van der Waals surface area contributed by atoms with E-state index >= 15 is 0 Å². The number of amides is 1. The monoisotopic (exact) mass is 267 g/mol. The molecular weight excluding hydrogens is 238 g/mol. The normalized spacial score (nSPS) is 31.7. The number of piperidine rings is 1. The van der Waals surface area contributed by atoms with Gasteiger partial charge in [0.2, 0.25) is 5.91 Å². The molecule has 2 heterocycles. The number of likely N-dealkylation sites (tertiary alicyclic amines) is 2. The van der Waals surface area contributed by atoms with Crippen LogP contribution in [0.4, 0.5) is 0 Å². The summed E-state index contributed by atoms with van der Waals surface area (Å²) < 4.78 is 0. The number of rotatable bonds is 3. The Hall–Kier alpha value is -0.610. The SMILES string of the molecule is CN1CCCC(CCC(=O)N2CCC(N)C2(C)C)C1. The van der Waals surface area contributed by atoms with Crippen LogP contribution in [0.1, 0.15) is 46.0 Å². The predicted octanol–water partition coefficient (Wildman–Crippen LogP) is 1.45. The molecule has 2 saturated heterocycles. The summed E-state index contributed by atoms with van der Waals surface area (Å²) in [4.78, 5) is 16.8. The molecule has 2 rings (SSSR count). The molecule has 0 spiro atoms. The average Bonchev–Trinajstić information content (AvgIpc) is 2.61. The van der Waals surface area contributed by atoms with E-state index in [1.165, 1.54) is 19.4 Å². The number of nitrogens with two attached hydrogens (primary N) is 1.